The van der Waals surface area contributed by atoms with Gasteiger partial charge < -0.3 is 21.3 Å². The van der Waals surface area contributed by atoms with E-state index in [1.807, 2.05) is 67.7 Å². The normalized spacial score (nSPS) is 15.2. The first-order chi connectivity index (χ1) is 19.1. The molecule has 1 unspecified atom stereocenters. The molecular formula is C28H28N10O. The van der Waals surface area contributed by atoms with Gasteiger partial charge in [0.05, 0.1) is 5.92 Å². The number of pyridine rings is 1. The fourth-order valence-corrected chi connectivity index (χ4v) is 4.50. The van der Waals surface area contributed by atoms with Gasteiger partial charge in [-0.15, -0.1) is 5.10 Å². The molecule has 1 saturated heterocycles. The Morgan fingerprint density at radius 1 is 0.974 bits per heavy atom. The van der Waals surface area contributed by atoms with Crippen LogP contribution in [0.15, 0.2) is 73.1 Å². The van der Waals surface area contributed by atoms with Crippen LogP contribution in [0.2, 0.25) is 0 Å². The van der Waals surface area contributed by atoms with Gasteiger partial charge in [-0.3, -0.25) is 4.79 Å². The molecule has 11 heteroatoms. The van der Waals surface area contributed by atoms with Gasteiger partial charge in [-0.2, -0.15) is 4.98 Å². The predicted molar refractivity (Wildman–Crippen MR) is 150 cm³/mol. The van der Waals surface area contributed by atoms with Crippen molar-refractivity contribution >= 4 is 40.4 Å². The van der Waals surface area contributed by atoms with Crippen molar-refractivity contribution in [1.82, 2.24) is 34.9 Å². The SMILES string of the molecule is Cc1cccc(-c2nc(Nc3ccnc(Nc4ccc(NC(=O)C5CCCNC5)cc4)n3)c3cccn3n2)n1. The number of nitrogens with one attached hydrogen (secondary N) is 4. The Labute approximate surface area is 225 Å². The van der Waals surface area contributed by atoms with E-state index in [0.29, 0.717) is 29.1 Å². The van der Waals surface area contributed by atoms with Crippen LogP contribution in [0, 0.1) is 12.8 Å². The molecule has 1 fully saturated rings. The van der Waals surface area contributed by atoms with E-state index in [2.05, 4.69) is 41.3 Å². The monoisotopic (exact) mass is 520 g/mol. The summed E-state index contributed by atoms with van der Waals surface area (Å²) >= 11 is 0. The highest BCUT2D eigenvalue weighted by atomic mass is 16.1. The van der Waals surface area contributed by atoms with E-state index in [-0.39, 0.29) is 11.8 Å². The smallest absolute Gasteiger partial charge is 0.229 e. The summed E-state index contributed by atoms with van der Waals surface area (Å²) in [6, 6.07) is 18.9. The predicted octanol–water partition coefficient (Wildman–Crippen LogP) is 4.32. The third kappa shape index (κ3) is 5.68. The number of hydrogen-bond donors (Lipinski definition) is 4. The average molecular weight is 521 g/mol. The molecule has 6 rings (SSSR count). The fraction of sp³-hybridized carbons (Fsp3) is 0.214. The summed E-state index contributed by atoms with van der Waals surface area (Å²) in [7, 11) is 0. The molecule has 0 spiro atoms. The van der Waals surface area contributed by atoms with E-state index >= 15 is 0 Å². The molecule has 5 heterocycles. The van der Waals surface area contributed by atoms with Crippen LogP contribution in [-0.2, 0) is 4.79 Å². The lowest BCUT2D eigenvalue weighted by atomic mass is 9.99. The zero-order valence-corrected chi connectivity index (χ0v) is 21.4. The second kappa shape index (κ2) is 10.8. The van der Waals surface area contributed by atoms with Gasteiger partial charge in [0.1, 0.15) is 17.0 Å². The first-order valence-electron chi connectivity index (χ1n) is 12.9. The van der Waals surface area contributed by atoms with E-state index in [1.165, 1.54) is 0 Å². The lowest BCUT2D eigenvalue weighted by molar-refractivity contribution is -0.120. The second-order valence-corrected chi connectivity index (χ2v) is 9.41. The number of hydrogen-bond acceptors (Lipinski definition) is 9. The van der Waals surface area contributed by atoms with Crippen molar-refractivity contribution in [3.63, 3.8) is 0 Å². The molecule has 5 aromatic rings. The van der Waals surface area contributed by atoms with Gasteiger partial charge in [0, 0.05) is 36.0 Å². The number of nitrogens with zero attached hydrogens (tertiary/aromatic N) is 6. The summed E-state index contributed by atoms with van der Waals surface area (Å²) < 4.78 is 1.76. The Balaban J connectivity index is 1.17. The quantitative estimate of drug-likeness (QED) is 0.248. The zero-order valence-electron chi connectivity index (χ0n) is 21.4. The van der Waals surface area contributed by atoms with Crippen molar-refractivity contribution < 1.29 is 4.79 Å². The number of anilines is 5. The highest BCUT2D eigenvalue weighted by Gasteiger charge is 2.20. The van der Waals surface area contributed by atoms with Crippen LogP contribution < -0.4 is 21.3 Å². The number of benzene rings is 1. The minimum atomic E-state index is 0.00670. The molecule has 4 aromatic heterocycles. The third-order valence-corrected chi connectivity index (χ3v) is 6.49. The standard InChI is InChI=1S/C28H28N10O/c1-18-5-2-7-22(31-18)25-36-26(23-8-4-16-38(23)37-25)34-24-13-15-30-28(35-24)33-21-11-9-20(10-12-21)32-27(39)19-6-3-14-29-17-19/h2,4-5,7-13,15-16,19,29H,3,6,14,17H2,1H3,(H,32,39)(H2,30,33,34,35,36,37). The maximum Gasteiger partial charge on any atom is 0.229 e. The van der Waals surface area contributed by atoms with Gasteiger partial charge in [0.2, 0.25) is 17.7 Å². The first kappa shape index (κ1) is 24.4. The van der Waals surface area contributed by atoms with Gasteiger partial charge >= 0.3 is 0 Å². The average Bonchev–Trinajstić information content (AvgIpc) is 3.44. The van der Waals surface area contributed by atoms with Crippen molar-refractivity contribution in [3.05, 3.63) is 78.8 Å². The van der Waals surface area contributed by atoms with Crippen molar-refractivity contribution in [2.45, 2.75) is 19.8 Å². The highest BCUT2D eigenvalue weighted by Crippen LogP contribution is 2.24. The molecule has 0 aliphatic carbocycles. The Kier molecular flexibility index (Phi) is 6.79. The number of rotatable bonds is 7. The van der Waals surface area contributed by atoms with Crippen LogP contribution in [0.4, 0.5) is 29.0 Å². The molecule has 0 bridgehead atoms. The van der Waals surface area contributed by atoms with Crippen LogP contribution in [0.1, 0.15) is 18.5 Å². The summed E-state index contributed by atoms with van der Waals surface area (Å²) in [5.41, 5.74) is 3.94. The minimum absolute atomic E-state index is 0.00670. The maximum absolute atomic E-state index is 12.5. The number of aryl methyl sites for hydroxylation is 1. The van der Waals surface area contributed by atoms with Crippen molar-refractivity contribution in [2.24, 2.45) is 5.92 Å². The number of fused-ring (bicyclic) bond motifs is 1. The van der Waals surface area contributed by atoms with Gasteiger partial charge in [0.25, 0.3) is 0 Å². The van der Waals surface area contributed by atoms with E-state index in [1.54, 1.807) is 16.8 Å². The lowest BCUT2D eigenvalue weighted by Crippen LogP contribution is -2.37. The van der Waals surface area contributed by atoms with E-state index in [0.717, 1.165) is 48.5 Å². The molecular weight excluding hydrogens is 492 g/mol. The minimum Gasteiger partial charge on any atom is -0.326 e. The van der Waals surface area contributed by atoms with E-state index in [9.17, 15) is 4.79 Å². The Morgan fingerprint density at radius 2 is 1.85 bits per heavy atom. The molecule has 1 aliphatic heterocycles. The summed E-state index contributed by atoms with van der Waals surface area (Å²) in [6.07, 6.45) is 5.47. The lowest BCUT2D eigenvalue weighted by Gasteiger charge is -2.21. The van der Waals surface area contributed by atoms with Gasteiger partial charge in [-0.25, -0.2) is 19.5 Å². The van der Waals surface area contributed by atoms with Gasteiger partial charge in [-0.05, 0) is 80.9 Å². The third-order valence-electron chi connectivity index (χ3n) is 6.49. The molecule has 1 atom stereocenters. The van der Waals surface area contributed by atoms with Gasteiger partial charge in [-0.1, -0.05) is 6.07 Å². The molecule has 11 nitrogen and oxygen atoms in total. The Bertz CT molecular complexity index is 1610. The van der Waals surface area contributed by atoms with Crippen LogP contribution in [0.25, 0.3) is 17.0 Å². The van der Waals surface area contributed by atoms with Crippen LogP contribution in [-0.4, -0.2) is 48.5 Å². The van der Waals surface area contributed by atoms with Crippen molar-refractivity contribution in [1.29, 1.82) is 0 Å². The molecule has 39 heavy (non-hydrogen) atoms. The zero-order chi connectivity index (χ0) is 26.6. The highest BCUT2D eigenvalue weighted by molar-refractivity contribution is 5.93. The molecule has 1 aliphatic rings. The van der Waals surface area contributed by atoms with E-state index in [4.69, 9.17) is 4.98 Å². The van der Waals surface area contributed by atoms with Gasteiger partial charge in [0.15, 0.2) is 5.82 Å². The first-order valence-corrected chi connectivity index (χ1v) is 12.9. The van der Waals surface area contributed by atoms with Crippen molar-refractivity contribution in [2.75, 3.05) is 29.0 Å². The summed E-state index contributed by atoms with van der Waals surface area (Å²) in [4.78, 5) is 30.8. The Hall–Kier alpha value is -4.90. The summed E-state index contributed by atoms with van der Waals surface area (Å²) in [6.45, 7) is 3.64. The molecule has 1 amide bonds. The molecule has 4 N–H and O–H groups in total. The number of carbonyl (C=O) groups excluding carboxylic acids is 1. The molecule has 1 aromatic carbocycles. The number of carbonyl (C=O) groups is 1. The largest absolute Gasteiger partial charge is 0.326 e. The second-order valence-electron chi connectivity index (χ2n) is 9.41. The van der Waals surface area contributed by atoms with Crippen LogP contribution >= 0.6 is 0 Å². The Morgan fingerprint density at radius 3 is 2.67 bits per heavy atom. The fourth-order valence-electron chi connectivity index (χ4n) is 4.50. The summed E-state index contributed by atoms with van der Waals surface area (Å²) in [5.74, 6) is 2.16. The number of piperidine rings is 1. The molecule has 0 radical (unpaired) electrons. The maximum atomic E-state index is 12.5. The van der Waals surface area contributed by atoms with Crippen LogP contribution in [0.3, 0.4) is 0 Å². The van der Waals surface area contributed by atoms with Crippen LogP contribution in [0.5, 0.6) is 0 Å². The molecule has 196 valence electrons. The number of aromatic nitrogens is 6. The molecule has 0 saturated carbocycles. The number of amides is 1. The van der Waals surface area contributed by atoms with Crippen molar-refractivity contribution in [3.8, 4) is 11.5 Å². The topological polar surface area (TPSA) is 134 Å². The van der Waals surface area contributed by atoms with E-state index < -0.39 is 0 Å². The summed E-state index contributed by atoms with van der Waals surface area (Å²) in [5, 5.41) is 17.4.